The largest absolute Gasteiger partial charge is 0.318 e. The van der Waals surface area contributed by atoms with Gasteiger partial charge in [-0.05, 0) is 80.5 Å². The van der Waals surface area contributed by atoms with Crippen LogP contribution in [0.4, 0.5) is 5.69 Å². The third-order valence-corrected chi connectivity index (χ3v) is 5.97. The highest BCUT2D eigenvalue weighted by molar-refractivity contribution is 7.80. The third kappa shape index (κ3) is 3.66. The topological polar surface area (TPSA) is 67.2 Å². The monoisotopic (exact) mass is 450 g/mol. The van der Waals surface area contributed by atoms with E-state index in [1.54, 1.807) is 43.6 Å². The number of rotatable bonds is 3. The molecule has 0 spiro atoms. The van der Waals surface area contributed by atoms with E-state index in [1.807, 2.05) is 36.6 Å². The van der Waals surface area contributed by atoms with Gasteiger partial charge in [0.1, 0.15) is 5.57 Å². The van der Waals surface area contributed by atoms with Gasteiger partial charge < -0.3 is 4.57 Å². The first-order chi connectivity index (χ1) is 14.8. The summed E-state index contributed by atoms with van der Waals surface area (Å²) < 4.78 is 2.04. The summed E-state index contributed by atoms with van der Waals surface area (Å²) in [6.07, 6.45) is 5.04. The molecule has 31 heavy (non-hydrogen) atoms. The van der Waals surface area contributed by atoms with E-state index < -0.39 is 11.8 Å². The molecule has 2 amide bonds. The van der Waals surface area contributed by atoms with Gasteiger partial charge in [0.05, 0.1) is 5.69 Å². The molecule has 1 N–H and O–H groups in total. The van der Waals surface area contributed by atoms with E-state index in [2.05, 4.69) is 10.3 Å². The zero-order chi connectivity index (χ0) is 22.3. The van der Waals surface area contributed by atoms with Crippen LogP contribution in [0.25, 0.3) is 11.8 Å². The molecule has 1 aromatic carbocycles. The Kier molecular flexibility index (Phi) is 5.47. The molecule has 1 aliphatic rings. The number of amides is 2. The van der Waals surface area contributed by atoms with E-state index in [9.17, 15) is 9.59 Å². The Morgan fingerprint density at radius 1 is 1.10 bits per heavy atom. The quantitative estimate of drug-likeness (QED) is 0.367. The molecule has 8 heteroatoms. The van der Waals surface area contributed by atoms with Crippen molar-refractivity contribution in [2.45, 2.75) is 20.8 Å². The van der Waals surface area contributed by atoms with Gasteiger partial charge >= 0.3 is 0 Å². The number of aryl methyl sites for hydroxylation is 1. The summed E-state index contributed by atoms with van der Waals surface area (Å²) in [7, 11) is 0. The molecule has 0 atom stereocenters. The smallest absolute Gasteiger partial charge is 0.270 e. The van der Waals surface area contributed by atoms with Crippen molar-refractivity contribution in [2.75, 3.05) is 4.90 Å². The number of nitrogens with zero attached hydrogens (tertiary/aromatic N) is 3. The van der Waals surface area contributed by atoms with Gasteiger partial charge in [-0.3, -0.25) is 24.8 Å². The van der Waals surface area contributed by atoms with E-state index in [4.69, 9.17) is 23.8 Å². The van der Waals surface area contributed by atoms with Crippen molar-refractivity contribution in [3.63, 3.8) is 0 Å². The average molecular weight is 451 g/mol. The van der Waals surface area contributed by atoms with Gasteiger partial charge in [0.25, 0.3) is 11.8 Å². The summed E-state index contributed by atoms with van der Waals surface area (Å²) in [6.45, 7) is 5.71. The molecule has 0 unspecified atom stereocenters. The van der Waals surface area contributed by atoms with Crippen LogP contribution in [0.5, 0.6) is 0 Å². The highest BCUT2D eigenvalue weighted by Crippen LogP contribution is 2.30. The number of aromatic nitrogens is 2. The number of halogens is 1. The number of benzene rings is 1. The zero-order valence-corrected chi connectivity index (χ0v) is 18.7. The van der Waals surface area contributed by atoms with Crippen LogP contribution in [0.2, 0.25) is 5.02 Å². The Morgan fingerprint density at radius 2 is 1.81 bits per heavy atom. The summed E-state index contributed by atoms with van der Waals surface area (Å²) >= 11 is 11.5. The first-order valence-corrected chi connectivity index (χ1v) is 10.3. The maximum absolute atomic E-state index is 13.3. The molecular formula is C23H19ClN4O2S. The van der Waals surface area contributed by atoms with Gasteiger partial charge in [-0.15, -0.1) is 0 Å². The van der Waals surface area contributed by atoms with E-state index in [0.717, 1.165) is 22.6 Å². The molecule has 0 aliphatic carbocycles. The van der Waals surface area contributed by atoms with Crippen LogP contribution in [-0.4, -0.2) is 26.5 Å². The third-order valence-electron chi connectivity index (χ3n) is 5.27. The Labute approximate surface area is 190 Å². The summed E-state index contributed by atoms with van der Waals surface area (Å²) in [6, 6.07) is 11.0. The SMILES string of the molecule is Cc1c(Cl)cccc1N1C(=O)/C(=C/c2cc(C)n(-c3ccncc3)c2C)C(=O)NC1=S. The van der Waals surface area contributed by atoms with E-state index in [0.29, 0.717) is 16.3 Å². The van der Waals surface area contributed by atoms with Crippen molar-refractivity contribution < 1.29 is 9.59 Å². The first-order valence-electron chi connectivity index (χ1n) is 9.55. The van der Waals surface area contributed by atoms with Gasteiger partial charge in [0.15, 0.2) is 5.11 Å². The maximum Gasteiger partial charge on any atom is 0.270 e. The van der Waals surface area contributed by atoms with Crippen LogP contribution in [0, 0.1) is 20.8 Å². The summed E-state index contributed by atoms with van der Waals surface area (Å²) in [4.78, 5) is 31.4. The second-order valence-corrected chi connectivity index (χ2v) is 8.00. The number of hydrogen-bond donors (Lipinski definition) is 1. The van der Waals surface area contributed by atoms with Crippen molar-refractivity contribution in [1.82, 2.24) is 14.9 Å². The lowest BCUT2D eigenvalue weighted by molar-refractivity contribution is -0.122. The van der Waals surface area contributed by atoms with Crippen LogP contribution in [0.3, 0.4) is 0 Å². The number of anilines is 1. The zero-order valence-electron chi connectivity index (χ0n) is 17.1. The fraction of sp³-hybridized carbons (Fsp3) is 0.130. The molecule has 1 saturated heterocycles. The standard InChI is InChI=1S/C23H19ClN4O2S/c1-13-11-16(15(3)27(13)17-7-9-25-10-8-17)12-18-21(29)26-23(31)28(22(18)30)20-6-4-5-19(24)14(20)2/h4-12H,1-3H3,(H,26,29,31)/b18-12+. The highest BCUT2D eigenvalue weighted by atomic mass is 35.5. The molecule has 6 nitrogen and oxygen atoms in total. The molecule has 0 radical (unpaired) electrons. The van der Waals surface area contributed by atoms with Crippen LogP contribution in [0.1, 0.15) is 22.5 Å². The molecule has 4 rings (SSSR count). The highest BCUT2D eigenvalue weighted by Gasteiger charge is 2.35. The van der Waals surface area contributed by atoms with Gasteiger partial charge in [-0.1, -0.05) is 17.7 Å². The number of pyridine rings is 1. The van der Waals surface area contributed by atoms with Crippen molar-refractivity contribution in [3.8, 4) is 5.69 Å². The number of carbonyl (C=O) groups excluding carboxylic acids is 2. The van der Waals surface area contributed by atoms with Crippen molar-refractivity contribution in [3.05, 3.63) is 81.9 Å². The van der Waals surface area contributed by atoms with Crippen LogP contribution in [-0.2, 0) is 9.59 Å². The average Bonchev–Trinajstić information content (AvgIpc) is 3.02. The number of hydrogen-bond acceptors (Lipinski definition) is 4. The van der Waals surface area contributed by atoms with Crippen molar-refractivity contribution in [1.29, 1.82) is 0 Å². The summed E-state index contributed by atoms with van der Waals surface area (Å²) in [5, 5.41) is 3.16. The summed E-state index contributed by atoms with van der Waals surface area (Å²) in [5.74, 6) is -1.02. The van der Waals surface area contributed by atoms with Crippen molar-refractivity contribution in [2.24, 2.45) is 0 Å². The molecular weight excluding hydrogens is 432 g/mol. The minimum atomic E-state index is -0.528. The van der Waals surface area contributed by atoms with Crippen LogP contribution < -0.4 is 10.2 Å². The normalized spacial score (nSPS) is 15.5. The van der Waals surface area contributed by atoms with Gasteiger partial charge in [-0.25, -0.2) is 0 Å². The van der Waals surface area contributed by atoms with Crippen molar-refractivity contribution >= 4 is 52.5 Å². The summed E-state index contributed by atoms with van der Waals surface area (Å²) in [5.41, 5.74) is 4.83. The molecule has 1 aliphatic heterocycles. The maximum atomic E-state index is 13.3. The lowest BCUT2D eigenvalue weighted by Gasteiger charge is -2.30. The Hall–Kier alpha value is -3.29. The Bertz CT molecular complexity index is 1260. The fourth-order valence-corrected chi connectivity index (χ4v) is 4.14. The number of carbonyl (C=O) groups is 2. The molecule has 3 aromatic rings. The molecule has 0 bridgehead atoms. The van der Waals surface area contributed by atoms with E-state index in [1.165, 1.54) is 4.90 Å². The second-order valence-electron chi connectivity index (χ2n) is 7.21. The fourth-order valence-electron chi connectivity index (χ4n) is 3.69. The number of thiocarbonyl (C=S) groups is 1. The van der Waals surface area contributed by atoms with E-state index >= 15 is 0 Å². The predicted octanol–water partition coefficient (Wildman–Crippen LogP) is 4.28. The van der Waals surface area contributed by atoms with Gasteiger partial charge in [0, 0.05) is 34.5 Å². The molecule has 2 aromatic heterocycles. The number of nitrogens with one attached hydrogen (secondary N) is 1. The second kappa shape index (κ2) is 8.09. The van der Waals surface area contributed by atoms with Crippen LogP contribution in [0.15, 0.2) is 54.4 Å². The molecule has 156 valence electrons. The minimum absolute atomic E-state index is 0.00274. The Morgan fingerprint density at radius 3 is 2.52 bits per heavy atom. The van der Waals surface area contributed by atoms with E-state index in [-0.39, 0.29) is 10.7 Å². The lowest BCUT2D eigenvalue weighted by atomic mass is 10.1. The van der Waals surface area contributed by atoms with Gasteiger partial charge in [0.2, 0.25) is 0 Å². The Balaban J connectivity index is 1.79. The molecule has 1 fully saturated rings. The van der Waals surface area contributed by atoms with Crippen LogP contribution >= 0.6 is 23.8 Å². The first kappa shape index (κ1) is 21.0. The molecule has 3 heterocycles. The minimum Gasteiger partial charge on any atom is -0.318 e. The van der Waals surface area contributed by atoms with Gasteiger partial charge in [-0.2, -0.15) is 0 Å². The lowest BCUT2D eigenvalue weighted by Crippen LogP contribution is -2.54. The molecule has 0 saturated carbocycles. The predicted molar refractivity (Wildman–Crippen MR) is 125 cm³/mol.